The van der Waals surface area contributed by atoms with Crippen LogP contribution >= 0.6 is 0 Å². The molecule has 2 unspecified atom stereocenters. The van der Waals surface area contributed by atoms with Crippen LogP contribution in [-0.2, 0) is 19.1 Å². The van der Waals surface area contributed by atoms with Gasteiger partial charge >= 0.3 is 11.9 Å². The van der Waals surface area contributed by atoms with Gasteiger partial charge in [-0.05, 0) is 96.4 Å². The Bertz CT molecular complexity index is 1110. The number of allylic oxidation sites excluding steroid dienone is 8. The van der Waals surface area contributed by atoms with Crippen molar-refractivity contribution in [3.05, 3.63) is 48.6 Å². The van der Waals surface area contributed by atoms with E-state index in [0.29, 0.717) is 32.2 Å². The summed E-state index contributed by atoms with van der Waals surface area (Å²) in [5.41, 5.74) is 5.50. The number of carbonyl (C=O) groups excluding carboxylic acids is 2. The quantitative estimate of drug-likeness (QED) is 0.0318. The predicted octanol–water partition coefficient (Wildman–Crippen LogP) is 15.9. The molecule has 0 radical (unpaired) electrons. The third kappa shape index (κ3) is 45.4. The fourth-order valence-electron chi connectivity index (χ4n) is 7.97. The van der Waals surface area contributed by atoms with Crippen LogP contribution in [-0.4, -0.2) is 41.6 Å². The molecule has 62 heavy (non-hydrogen) atoms. The Morgan fingerprint density at radius 1 is 0.484 bits per heavy atom. The van der Waals surface area contributed by atoms with E-state index in [0.717, 1.165) is 89.9 Å². The van der Waals surface area contributed by atoms with Gasteiger partial charge in [0.1, 0.15) is 12.1 Å². The number of esters is 1. The lowest BCUT2D eigenvalue weighted by atomic mass is 10.0. The number of amides is 1. The molecule has 0 spiro atoms. The van der Waals surface area contributed by atoms with Crippen LogP contribution in [0.1, 0.15) is 264 Å². The van der Waals surface area contributed by atoms with Gasteiger partial charge in [0.2, 0.25) is 5.91 Å². The summed E-state index contributed by atoms with van der Waals surface area (Å²) in [5.74, 6) is -1.23. The van der Waals surface area contributed by atoms with E-state index in [4.69, 9.17) is 10.5 Å². The van der Waals surface area contributed by atoms with Crippen LogP contribution in [0, 0.1) is 0 Å². The van der Waals surface area contributed by atoms with E-state index in [9.17, 15) is 19.5 Å². The minimum Gasteiger partial charge on any atom is -0.480 e. The van der Waals surface area contributed by atoms with Crippen LogP contribution in [0.5, 0.6) is 0 Å². The number of hydrogen-bond acceptors (Lipinski definition) is 5. The molecule has 0 rings (SSSR count). The maximum absolute atomic E-state index is 12.9. The molecule has 360 valence electrons. The predicted molar refractivity (Wildman–Crippen MR) is 266 cm³/mol. The molecular weight excluding hydrogens is 769 g/mol. The highest BCUT2D eigenvalue weighted by molar-refractivity contribution is 5.83. The Balaban J connectivity index is 4.28. The zero-order valence-corrected chi connectivity index (χ0v) is 40.7. The molecule has 0 aromatic carbocycles. The Kier molecular flexibility index (Phi) is 47.2. The average molecular weight is 869 g/mol. The van der Waals surface area contributed by atoms with Crippen molar-refractivity contribution in [2.45, 2.75) is 276 Å². The van der Waals surface area contributed by atoms with Crippen LogP contribution in [0.4, 0.5) is 0 Å². The Hall–Kier alpha value is -2.67. The number of nitrogens with one attached hydrogen (secondary N) is 1. The van der Waals surface area contributed by atoms with E-state index in [1.165, 1.54) is 135 Å². The van der Waals surface area contributed by atoms with Crippen molar-refractivity contribution in [1.82, 2.24) is 5.32 Å². The van der Waals surface area contributed by atoms with Crippen molar-refractivity contribution in [1.29, 1.82) is 0 Å². The first-order chi connectivity index (χ1) is 30.4. The zero-order valence-electron chi connectivity index (χ0n) is 40.7. The van der Waals surface area contributed by atoms with Crippen LogP contribution in [0.25, 0.3) is 0 Å². The molecule has 0 aliphatic heterocycles. The minimum atomic E-state index is -1.00. The first kappa shape index (κ1) is 59.3. The topological polar surface area (TPSA) is 119 Å². The second-order valence-electron chi connectivity index (χ2n) is 17.9. The lowest BCUT2D eigenvalue weighted by Crippen LogP contribution is -2.40. The van der Waals surface area contributed by atoms with Crippen molar-refractivity contribution in [3.63, 3.8) is 0 Å². The first-order valence-corrected chi connectivity index (χ1v) is 26.5. The number of aliphatic carboxylic acids is 1. The number of rotatable bonds is 48. The van der Waals surface area contributed by atoms with Gasteiger partial charge in [0.05, 0.1) is 0 Å². The monoisotopic (exact) mass is 869 g/mol. The molecule has 0 bridgehead atoms. The van der Waals surface area contributed by atoms with Crippen molar-refractivity contribution in [2.24, 2.45) is 5.73 Å². The maximum atomic E-state index is 12.9. The molecule has 0 aliphatic rings. The molecule has 1 amide bonds. The van der Waals surface area contributed by atoms with Gasteiger partial charge in [-0.25, -0.2) is 4.79 Å². The van der Waals surface area contributed by atoms with Gasteiger partial charge in [-0.1, -0.05) is 210 Å². The van der Waals surface area contributed by atoms with Crippen molar-refractivity contribution >= 4 is 17.8 Å². The van der Waals surface area contributed by atoms with Gasteiger partial charge in [0.15, 0.2) is 0 Å². The fraction of sp³-hybridized carbons (Fsp3) is 0.800. The second-order valence-corrected chi connectivity index (χ2v) is 17.9. The summed E-state index contributed by atoms with van der Waals surface area (Å²) in [6, 6.07) is -0.858. The van der Waals surface area contributed by atoms with Gasteiger partial charge in [0.25, 0.3) is 0 Å². The second kappa shape index (κ2) is 49.3. The summed E-state index contributed by atoms with van der Waals surface area (Å²) in [6.45, 7) is 4.86. The third-order valence-corrected chi connectivity index (χ3v) is 11.9. The summed E-state index contributed by atoms with van der Waals surface area (Å²) in [5, 5.41) is 12.0. The lowest BCUT2D eigenvalue weighted by Gasteiger charge is -2.18. The van der Waals surface area contributed by atoms with E-state index >= 15 is 0 Å². The van der Waals surface area contributed by atoms with Crippen molar-refractivity contribution in [2.75, 3.05) is 6.54 Å². The molecule has 7 nitrogen and oxygen atoms in total. The third-order valence-electron chi connectivity index (χ3n) is 11.9. The summed E-state index contributed by atoms with van der Waals surface area (Å²) >= 11 is 0. The normalized spacial score (nSPS) is 13.0. The van der Waals surface area contributed by atoms with Crippen molar-refractivity contribution in [3.8, 4) is 0 Å². The molecule has 7 heteroatoms. The number of ether oxygens (including phenoxy) is 1. The zero-order chi connectivity index (χ0) is 45.2. The molecule has 0 aromatic rings. The number of hydrogen-bond donors (Lipinski definition) is 3. The Labute approximate surface area is 383 Å². The van der Waals surface area contributed by atoms with Gasteiger partial charge in [-0.2, -0.15) is 0 Å². The van der Waals surface area contributed by atoms with E-state index in [1.54, 1.807) is 0 Å². The molecule has 0 heterocycles. The van der Waals surface area contributed by atoms with E-state index < -0.39 is 12.0 Å². The summed E-state index contributed by atoms with van der Waals surface area (Å²) in [7, 11) is 0. The first-order valence-electron chi connectivity index (χ1n) is 26.5. The molecule has 0 saturated heterocycles. The summed E-state index contributed by atoms with van der Waals surface area (Å²) in [6.07, 6.45) is 61.7. The highest BCUT2D eigenvalue weighted by atomic mass is 16.5. The van der Waals surface area contributed by atoms with Crippen LogP contribution < -0.4 is 11.1 Å². The standard InChI is InChI=1S/C55H100N2O5/c1-3-5-7-9-11-13-15-17-19-20-21-22-23-24-26-28-30-32-34-39-43-49-54(59)62-51(45-40-36-33-31-29-27-25-18-16-14-12-10-8-6-4-2)46-41-37-35-38-42-48-53(58)57-52(55(60)61)47-44-50-56/h5,7,11,13,17,19,21-22,51-52H,3-4,6,8-10,12,14-16,18,20,23-50,56H2,1-2H3,(H,57,58)(H,60,61)/b7-5-,13-11-,19-17-,22-21-. The summed E-state index contributed by atoms with van der Waals surface area (Å²) in [4.78, 5) is 36.6. The van der Waals surface area contributed by atoms with Crippen LogP contribution in [0.3, 0.4) is 0 Å². The molecule has 0 saturated carbocycles. The average Bonchev–Trinajstić information content (AvgIpc) is 3.26. The van der Waals surface area contributed by atoms with Gasteiger partial charge in [0, 0.05) is 12.8 Å². The Morgan fingerprint density at radius 3 is 1.34 bits per heavy atom. The number of nitrogens with two attached hydrogens (primary N) is 1. The Morgan fingerprint density at radius 2 is 0.887 bits per heavy atom. The number of unbranched alkanes of at least 4 members (excludes halogenated alkanes) is 26. The molecule has 0 aromatic heterocycles. The van der Waals surface area contributed by atoms with Gasteiger partial charge < -0.3 is 20.9 Å². The number of carbonyl (C=O) groups is 3. The maximum Gasteiger partial charge on any atom is 0.326 e. The highest BCUT2D eigenvalue weighted by Gasteiger charge is 2.19. The smallest absolute Gasteiger partial charge is 0.326 e. The molecule has 4 N–H and O–H groups in total. The fourth-order valence-corrected chi connectivity index (χ4v) is 7.97. The van der Waals surface area contributed by atoms with Crippen molar-refractivity contribution < 1.29 is 24.2 Å². The number of carboxylic acid groups (broad SMARTS) is 1. The largest absolute Gasteiger partial charge is 0.480 e. The van der Waals surface area contributed by atoms with E-state index in [2.05, 4.69) is 67.8 Å². The SMILES string of the molecule is CC/C=C\C/C=C\C/C=C\C/C=C\CCCCCCCCCCC(=O)OC(CCCCCCCCCCCCCCCCC)CCCCCCCC(=O)NC(CCCN)C(=O)O. The van der Waals surface area contributed by atoms with Crippen LogP contribution in [0.15, 0.2) is 48.6 Å². The number of carboxylic acids is 1. The molecular formula is C55H100N2O5. The molecule has 0 aliphatic carbocycles. The lowest BCUT2D eigenvalue weighted by molar-refractivity contribution is -0.150. The molecule has 0 fully saturated rings. The van der Waals surface area contributed by atoms with E-state index in [1.807, 2.05) is 0 Å². The van der Waals surface area contributed by atoms with Gasteiger partial charge in [-0.3, -0.25) is 9.59 Å². The highest BCUT2D eigenvalue weighted by Crippen LogP contribution is 2.20. The van der Waals surface area contributed by atoms with E-state index in [-0.39, 0.29) is 18.0 Å². The van der Waals surface area contributed by atoms with Crippen LogP contribution in [0.2, 0.25) is 0 Å². The molecule has 2 atom stereocenters. The summed E-state index contributed by atoms with van der Waals surface area (Å²) < 4.78 is 6.10. The van der Waals surface area contributed by atoms with Gasteiger partial charge in [-0.15, -0.1) is 0 Å². The minimum absolute atomic E-state index is 0.00778.